The van der Waals surface area contributed by atoms with Crippen LogP contribution in [0.1, 0.15) is 13.8 Å². The van der Waals surface area contributed by atoms with Gasteiger partial charge in [0, 0.05) is 18.5 Å². The molecule has 0 saturated heterocycles. The first kappa shape index (κ1) is 8.21. The number of nitrogens with zero attached hydrogens (tertiary/aromatic N) is 1. The van der Waals surface area contributed by atoms with Gasteiger partial charge in [0.1, 0.15) is 0 Å². The predicted molar refractivity (Wildman–Crippen MR) is 41.8 cm³/mol. The zero-order valence-electron chi connectivity index (χ0n) is 6.36. The summed E-state index contributed by atoms with van der Waals surface area (Å²) in [5.74, 6) is 0. The molecule has 0 fully saturated rings. The van der Waals surface area contributed by atoms with Gasteiger partial charge in [-0.15, -0.1) is 0 Å². The van der Waals surface area contributed by atoms with E-state index in [1.165, 1.54) is 0 Å². The Morgan fingerprint density at radius 3 is 2.44 bits per heavy atom. The minimum Gasteiger partial charge on any atom is -0.384 e. The maximum Gasteiger partial charge on any atom is 0.0523 e. The smallest absolute Gasteiger partial charge is 0.0523 e. The molecule has 0 atom stereocenters. The molecule has 2 heteroatoms. The van der Waals surface area contributed by atoms with Crippen LogP contribution in [0.4, 0.5) is 0 Å². The van der Waals surface area contributed by atoms with Crippen molar-refractivity contribution in [2.45, 2.75) is 13.8 Å². The van der Waals surface area contributed by atoms with E-state index in [0.29, 0.717) is 0 Å². The summed E-state index contributed by atoms with van der Waals surface area (Å²) in [7, 11) is 1.79. The van der Waals surface area contributed by atoms with Gasteiger partial charge in [0.15, 0.2) is 0 Å². The summed E-state index contributed by atoms with van der Waals surface area (Å²) >= 11 is 0. The Kier molecular flexibility index (Phi) is 3.76. The number of hydrogen-bond acceptors (Lipinski definition) is 2. The van der Waals surface area contributed by atoms with Crippen molar-refractivity contribution in [3.05, 3.63) is 12.3 Å². The largest absolute Gasteiger partial charge is 0.384 e. The third kappa shape index (κ3) is 5.07. The Labute approximate surface area is 56.7 Å². The van der Waals surface area contributed by atoms with E-state index in [2.05, 4.69) is 16.9 Å². The number of hydrogen-bond donors (Lipinski definition) is 1. The molecule has 0 aliphatic carbocycles. The molecule has 0 bridgehead atoms. The number of rotatable bonds is 3. The molecule has 9 heavy (non-hydrogen) atoms. The fraction of sp³-hybridized carbons (Fsp3) is 0.571. The van der Waals surface area contributed by atoms with Crippen molar-refractivity contribution in [2.75, 3.05) is 13.6 Å². The molecule has 2 nitrogen and oxygen atoms in total. The lowest BCUT2D eigenvalue weighted by atomic mass is 10.4. The molecule has 0 heterocycles. The van der Waals surface area contributed by atoms with Gasteiger partial charge in [0.2, 0.25) is 0 Å². The van der Waals surface area contributed by atoms with Crippen LogP contribution < -0.4 is 5.32 Å². The summed E-state index contributed by atoms with van der Waals surface area (Å²) in [4.78, 5) is 3.97. The molecule has 0 amide bonds. The van der Waals surface area contributed by atoms with Gasteiger partial charge in [-0.3, -0.25) is 4.99 Å². The van der Waals surface area contributed by atoms with Gasteiger partial charge in [0.05, 0.1) is 6.54 Å². The Hall–Kier alpha value is -0.790. The monoisotopic (exact) mass is 126 g/mol. The van der Waals surface area contributed by atoms with Crippen molar-refractivity contribution in [1.82, 2.24) is 5.32 Å². The normalized spacial score (nSPS) is 11.2. The Morgan fingerprint density at radius 2 is 2.11 bits per heavy atom. The lowest BCUT2D eigenvalue weighted by molar-refractivity contribution is 0.929. The van der Waals surface area contributed by atoms with E-state index in [1.54, 1.807) is 7.05 Å². The molecule has 0 aromatic carbocycles. The highest BCUT2D eigenvalue weighted by molar-refractivity contribution is 5.83. The average Bonchev–Trinajstić information content (AvgIpc) is 1.83. The predicted octanol–water partition coefficient (Wildman–Crippen LogP) is 1.20. The average molecular weight is 126 g/mol. The van der Waals surface area contributed by atoms with Crippen molar-refractivity contribution in [2.24, 2.45) is 4.99 Å². The standard InChI is InChI=1S/C7H14N2/c1-6(2)9-5-7(3)8-4/h9H,1,5H2,2-4H3/b8-7-. The second-order valence-corrected chi connectivity index (χ2v) is 2.09. The number of nitrogens with one attached hydrogen (secondary N) is 1. The van der Waals surface area contributed by atoms with Gasteiger partial charge in [0.25, 0.3) is 0 Å². The topological polar surface area (TPSA) is 24.4 Å². The molecule has 0 unspecified atom stereocenters. The Morgan fingerprint density at radius 1 is 1.56 bits per heavy atom. The van der Waals surface area contributed by atoms with Gasteiger partial charge >= 0.3 is 0 Å². The fourth-order valence-electron chi connectivity index (χ4n) is 0.358. The van der Waals surface area contributed by atoms with E-state index in [0.717, 1.165) is 18.0 Å². The first-order chi connectivity index (χ1) is 4.16. The van der Waals surface area contributed by atoms with Crippen LogP contribution in [0.15, 0.2) is 17.3 Å². The van der Waals surface area contributed by atoms with Gasteiger partial charge in [-0.05, 0) is 13.8 Å². The highest BCUT2D eigenvalue weighted by Gasteiger charge is 1.86. The van der Waals surface area contributed by atoms with Crippen molar-refractivity contribution < 1.29 is 0 Å². The first-order valence-corrected chi connectivity index (χ1v) is 2.98. The Bertz CT molecular complexity index is 125. The molecule has 0 aliphatic heterocycles. The van der Waals surface area contributed by atoms with Crippen LogP contribution in [0.5, 0.6) is 0 Å². The summed E-state index contributed by atoms with van der Waals surface area (Å²) < 4.78 is 0. The Balaban J connectivity index is 3.39. The number of allylic oxidation sites excluding steroid dienone is 1. The fourth-order valence-corrected chi connectivity index (χ4v) is 0.358. The molecule has 0 aliphatic rings. The quantitative estimate of drug-likeness (QED) is 0.564. The van der Waals surface area contributed by atoms with E-state index in [4.69, 9.17) is 0 Å². The molecular formula is C7H14N2. The second kappa shape index (κ2) is 4.13. The minimum atomic E-state index is 0.811. The highest BCUT2D eigenvalue weighted by Crippen LogP contribution is 1.78. The van der Waals surface area contributed by atoms with Crippen LogP contribution in [0.3, 0.4) is 0 Å². The summed E-state index contributed by atoms with van der Waals surface area (Å²) in [5.41, 5.74) is 2.08. The molecule has 1 N–H and O–H groups in total. The zero-order chi connectivity index (χ0) is 7.28. The van der Waals surface area contributed by atoms with Crippen LogP contribution in [0, 0.1) is 0 Å². The van der Waals surface area contributed by atoms with Crippen LogP contribution in [-0.4, -0.2) is 19.3 Å². The summed E-state index contributed by atoms with van der Waals surface area (Å²) in [5, 5.41) is 3.07. The summed E-state index contributed by atoms with van der Waals surface area (Å²) in [6.07, 6.45) is 0. The van der Waals surface area contributed by atoms with Crippen LogP contribution >= 0.6 is 0 Å². The highest BCUT2D eigenvalue weighted by atomic mass is 14.9. The van der Waals surface area contributed by atoms with E-state index in [9.17, 15) is 0 Å². The van der Waals surface area contributed by atoms with Crippen LogP contribution in [-0.2, 0) is 0 Å². The van der Waals surface area contributed by atoms with E-state index in [-0.39, 0.29) is 0 Å². The third-order valence-corrected chi connectivity index (χ3v) is 1.03. The van der Waals surface area contributed by atoms with Gasteiger partial charge in [-0.2, -0.15) is 0 Å². The third-order valence-electron chi connectivity index (χ3n) is 1.03. The maximum absolute atomic E-state index is 3.97. The van der Waals surface area contributed by atoms with Gasteiger partial charge in [-0.1, -0.05) is 6.58 Å². The first-order valence-electron chi connectivity index (χ1n) is 2.98. The SMILES string of the molecule is C=C(C)NC/C(C)=N\C. The summed E-state index contributed by atoms with van der Waals surface area (Å²) in [6, 6.07) is 0. The van der Waals surface area contributed by atoms with Gasteiger partial charge < -0.3 is 5.32 Å². The molecule has 0 spiro atoms. The van der Waals surface area contributed by atoms with E-state index in [1.807, 2.05) is 13.8 Å². The van der Waals surface area contributed by atoms with Crippen molar-refractivity contribution in [3.8, 4) is 0 Å². The summed E-state index contributed by atoms with van der Waals surface area (Å²) in [6.45, 7) is 8.42. The second-order valence-electron chi connectivity index (χ2n) is 2.09. The molecule has 0 radical (unpaired) electrons. The maximum atomic E-state index is 3.97. The van der Waals surface area contributed by atoms with Crippen LogP contribution in [0.25, 0.3) is 0 Å². The van der Waals surface area contributed by atoms with E-state index < -0.39 is 0 Å². The van der Waals surface area contributed by atoms with Crippen molar-refractivity contribution in [1.29, 1.82) is 0 Å². The molecule has 0 saturated carbocycles. The molecule has 0 rings (SSSR count). The molecule has 52 valence electrons. The van der Waals surface area contributed by atoms with E-state index >= 15 is 0 Å². The molecule has 0 aromatic rings. The zero-order valence-corrected chi connectivity index (χ0v) is 6.36. The van der Waals surface area contributed by atoms with Crippen LogP contribution in [0.2, 0.25) is 0 Å². The lowest BCUT2D eigenvalue weighted by Crippen LogP contribution is -2.18. The van der Waals surface area contributed by atoms with Crippen molar-refractivity contribution in [3.63, 3.8) is 0 Å². The molecule has 0 aromatic heterocycles. The molecular weight excluding hydrogens is 112 g/mol. The lowest BCUT2D eigenvalue weighted by Gasteiger charge is -2.02. The van der Waals surface area contributed by atoms with Crippen molar-refractivity contribution >= 4 is 5.71 Å². The minimum absolute atomic E-state index is 0.811. The number of aliphatic imine (C=N–C) groups is 1. The van der Waals surface area contributed by atoms with Gasteiger partial charge in [-0.25, -0.2) is 0 Å².